The van der Waals surface area contributed by atoms with Crippen molar-refractivity contribution in [2.45, 2.75) is 38.9 Å². The number of hydrogen-bond donors (Lipinski definition) is 1. The largest absolute Gasteiger partial charge is 0.432 e. The average molecular weight is 291 g/mol. The van der Waals surface area contributed by atoms with Crippen LogP contribution in [-0.2, 0) is 9.47 Å². The van der Waals surface area contributed by atoms with Crippen molar-refractivity contribution in [1.29, 1.82) is 0 Å². The van der Waals surface area contributed by atoms with E-state index >= 15 is 0 Å². The molecule has 3 nitrogen and oxygen atoms in total. The van der Waals surface area contributed by atoms with Crippen LogP contribution in [0.3, 0.4) is 0 Å². The fourth-order valence-corrected chi connectivity index (χ4v) is 2.55. The molecule has 1 heterocycles. The van der Waals surface area contributed by atoms with Gasteiger partial charge in [-0.1, -0.05) is 43.7 Å². The van der Waals surface area contributed by atoms with Crippen molar-refractivity contribution in [3.63, 3.8) is 0 Å². The molecule has 0 radical (unpaired) electrons. The minimum Gasteiger partial charge on any atom is -0.432 e. The van der Waals surface area contributed by atoms with Crippen LogP contribution in [0.5, 0.6) is 0 Å². The Hall–Kier alpha value is -1.39. The summed E-state index contributed by atoms with van der Waals surface area (Å²) in [5.41, 5.74) is 1.99. The second-order valence-corrected chi connectivity index (χ2v) is 5.14. The van der Waals surface area contributed by atoms with Crippen molar-refractivity contribution in [3.8, 4) is 0 Å². The number of benzene rings is 1. The van der Waals surface area contributed by atoms with Gasteiger partial charge in [0.2, 0.25) is 0 Å². The Bertz CT molecular complexity index is 487. The molecule has 0 saturated carbocycles. The smallest absolute Gasteiger partial charge is 0.263 e. The van der Waals surface area contributed by atoms with Crippen LogP contribution < -0.4 is 5.32 Å². The Morgan fingerprint density at radius 3 is 2.70 bits per heavy atom. The summed E-state index contributed by atoms with van der Waals surface area (Å²) in [4.78, 5) is 0. The lowest BCUT2D eigenvalue weighted by atomic mass is 10.0. The van der Waals surface area contributed by atoms with Gasteiger partial charge in [0, 0.05) is 13.0 Å². The molecule has 1 saturated heterocycles. The molecule has 1 aliphatic rings. The Morgan fingerprint density at radius 2 is 2.05 bits per heavy atom. The summed E-state index contributed by atoms with van der Waals surface area (Å²) in [6, 6.07) is 10.1. The number of hydrogen-bond acceptors (Lipinski definition) is 3. The topological polar surface area (TPSA) is 30.5 Å². The molecule has 1 aromatic rings. The number of thiocarbonyl (C=S) groups is 1. The third-order valence-electron chi connectivity index (χ3n) is 3.25. The molecule has 1 fully saturated rings. The SMILES string of the molecule is CCCCC1(OCC)OC(=S)N/C1=C/c1ccccc1. The third kappa shape index (κ3) is 3.38. The Morgan fingerprint density at radius 1 is 1.30 bits per heavy atom. The van der Waals surface area contributed by atoms with Gasteiger partial charge in [-0.05, 0) is 37.2 Å². The van der Waals surface area contributed by atoms with Crippen molar-refractivity contribution < 1.29 is 9.47 Å². The molecule has 0 amide bonds. The predicted molar refractivity (Wildman–Crippen MR) is 85.1 cm³/mol. The van der Waals surface area contributed by atoms with E-state index in [1.807, 2.05) is 43.3 Å². The van der Waals surface area contributed by atoms with Crippen LogP contribution in [0.2, 0.25) is 0 Å². The first-order valence-corrected chi connectivity index (χ1v) is 7.52. The summed E-state index contributed by atoms with van der Waals surface area (Å²) in [5.74, 6) is -0.752. The molecular formula is C16H21NO2S. The number of ether oxygens (including phenoxy) is 2. The van der Waals surface area contributed by atoms with E-state index in [1.165, 1.54) is 0 Å². The Labute approximate surface area is 126 Å². The van der Waals surface area contributed by atoms with Crippen LogP contribution in [0.15, 0.2) is 36.0 Å². The second kappa shape index (κ2) is 6.86. The summed E-state index contributed by atoms with van der Waals surface area (Å²) < 4.78 is 11.7. The van der Waals surface area contributed by atoms with E-state index in [0.717, 1.165) is 30.5 Å². The van der Waals surface area contributed by atoms with Crippen LogP contribution in [-0.4, -0.2) is 17.6 Å². The first kappa shape index (κ1) is 15.0. The number of rotatable bonds is 6. The van der Waals surface area contributed by atoms with E-state index in [-0.39, 0.29) is 0 Å². The standard InChI is InChI=1S/C16H21NO2S/c1-3-5-11-16(18-4-2)14(17-15(20)19-16)12-13-9-7-6-8-10-13/h6-10,12H,3-5,11H2,1-2H3,(H,17,20)/b14-12+. The van der Waals surface area contributed by atoms with Crippen LogP contribution in [0, 0.1) is 0 Å². The maximum Gasteiger partial charge on any atom is 0.263 e. The second-order valence-electron chi connectivity index (χ2n) is 4.77. The van der Waals surface area contributed by atoms with Gasteiger partial charge in [-0.15, -0.1) is 0 Å². The van der Waals surface area contributed by atoms with Crippen molar-refractivity contribution in [1.82, 2.24) is 5.32 Å². The summed E-state index contributed by atoms with van der Waals surface area (Å²) in [5, 5.41) is 3.52. The average Bonchev–Trinajstić information content (AvgIpc) is 2.74. The summed E-state index contributed by atoms with van der Waals surface area (Å²) >= 11 is 5.17. The molecule has 0 spiro atoms. The van der Waals surface area contributed by atoms with Gasteiger partial charge in [0.1, 0.15) is 0 Å². The van der Waals surface area contributed by atoms with Crippen molar-refractivity contribution in [2.75, 3.05) is 6.61 Å². The molecule has 1 aliphatic heterocycles. The summed E-state index contributed by atoms with van der Waals surface area (Å²) in [6.07, 6.45) is 4.95. The highest BCUT2D eigenvalue weighted by Gasteiger charge is 2.44. The van der Waals surface area contributed by atoms with Crippen LogP contribution >= 0.6 is 12.2 Å². The van der Waals surface area contributed by atoms with Crippen molar-refractivity contribution >= 4 is 23.5 Å². The van der Waals surface area contributed by atoms with E-state index in [9.17, 15) is 0 Å². The van der Waals surface area contributed by atoms with Gasteiger partial charge < -0.3 is 14.8 Å². The number of unbranched alkanes of at least 4 members (excludes halogenated alkanes) is 1. The van der Waals surface area contributed by atoms with Gasteiger partial charge in [0.05, 0.1) is 5.70 Å². The maximum absolute atomic E-state index is 5.91. The lowest BCUT2D eigenvalue weighted by Gasteiger charge is -2.28. The van der Waals surface area contributed by atoms with Gasteiger partial charge in [-0.25, -0.2) is 0 Å². The van der Waals surface area contributed by atoms with E-state index in [4.69, 9.17) is 21.7 Å². The molecular weight excluding hydrogens is 270 g/mol. The highest BCUT2D eigenvalue weighted by Crippen LogP contribution is 2.34. The van der Waals surface area contributed by atoms with Crippen molar-refractivity contribution in [2.24, 2.45) is 0 Å². The minimum atomic E-state index is -0.752. The molecule has 0 bridgehead atoms. The molecule has 4 heteroatoms. The van der Waals surface area contributed by atoms with Crippen LogP contribution in [0.4, 0.5) is 0 Å². The molecule has 1 atom stereocenters. The van der Waals surface area contributed by atoms with E-state index < -0.39 is 5.79 Å². The lowest BCUT2D eigenvalue weighted by Crippen LogP contribution is -2.35. The molecule has 108 valence electrons. The van der Waals surface area contributed by atoms with Gasteiger partial charge in [-0.2, -0.15) is 0 Å². The van der Waals surface area contributed by atoms with Gasteiger partial charge >= 0.3 is 0 Å². The Balaban J connectivity index is 2.31. The third-order valence-corrected chi connectivity index (χ3v) is 3.44. The minimum absolute atomic E-state index is 0.386. The summed E-state index contributed by atoms with van der Waals surface area (Å²) in [6.45, 7) is 4.71. The van der Waals surface area contributed by atoms with Crippen molar-refractivity contribution in [3.05, 3.63) is 41.6 Å². The molecule has 1 N–H and O–H groups in total. The zero-order valence-electron chi connectivity index (χ0n) is 12.0. The molecule has 1 unspecified atom stereocenters. The first-order valence-electron chi connectivity index (χ1n) is 7.11. The van der Waals surface area contributed by atoms with Gasteiger partial charge in [-0.3, -0.25) is 0 Å². The van der Waals surface area contributed by atoms with E-state index in [2.05, 4.69) is 12.2 Å². The predicted octanol–water partition coefficient (Wildman–Crippen LogP) is 3.86. The molecule has 0 aliphatic carbocycles. The first-order chi connectivity index (χ1) is 9.70. The monoisotopic (exact) mass is 291 g/mol. The van der Waals surface area contributed by atoms with Gasteiger partial charge in [0.25, 0.3) is 11.0 Å². The fraction of sp³-hybridized carbons (Fsp3) is 0.438. The zero-order valence-corrected chi connectivity index (χ0v) is 12.8. The van der Waals surface area contributed by atoms with Crippen LogP contribution in [0.25, 0.3) is 6.08 Å². The van der Waals surface area contributed by atoms with E-state index in [1.54, 1.807) is 0 Å². The quantitative estimate of drug-likeness (QED) is 0.806. The number of nitrogens with one attached hydrogen (secondary N) is 1. The summed E-state index contributed by atoms with van der Waals surface area (Å²) in [7, 11) is 0. The Kier molecular flexibility index (Phi) is 5.15. The fourth-order valence-electron chi connectivity index (χ4n) is 2.31. The van der Waals surface area contributed by atoms with E-state index in [0.29, 0.717) is 11.8 Å². The van der Waals surface area contributed by atoms with Gasteiger partial charge in [0.15, 0.2) is 0 Å². The zero-order chi connectivity index (χ0) is 14.4. The highest BCUT2D eigenvalue weighted by atomic mass is 32.1. The molecule has 1 aromatic carbocycles. The normalized spacial score (nSPS) is 23.7. The molecule has 0 aromatic heterocycles. The lowest BCUT2D eigenvalue weighted by molar-refractivity contribution is -0.152. The van der Waals surface area contributed by atoms with Crippen LogP contribution in [0.1, 0.15) is 38.7 Å². The molecule has 2 rings (SSSR count). The highest BCUT2D eigenvalue weighted by molar-refractivity contribution is 7.80. The molecule has 20 heavy (non-hydrogen) atoms. The maximum atomic E-state index is 5.91.